The Morgan fingerprint density at radius 2 is 2.00 bits per heavy atom. The number of anilines is 2. The van der Waals surface area contributed by atoms with Gasteiger partial charge in [-0.3, -0.25) is 9.59 Å². The number of benzene rings is 2. The van der Waals surface area contributed by atoms with E-state index < -0.39 is 15.8 Å². The van der Waals surface area contributed by atoms with Crippen LogP contribution in [0, 0.1) is 5.92 Å². The molecule has 1 N–H and O–H groups in total. The van der Waals surface area contributed by atoms with Crippen molar-refractivity contribution >= 4 is 44.8 Å². The van der Waals surface area contributed by atoms with Crippen LogP contribution < -0.4 is 10.2 Å². The number of fused-ring (bicyclic) bond motifs is 2. The minimum atomic E-state index is -3.68. The minimum absolute atomic E-state index is 0.123. The molecule has 2 aromatic rings. The zero-order valence-electron chi connectivity index (χ0n) is 16.1. The van der Waals surface area contributed by atoms with Crippen molar-refractivity contribution < 1.29 is 18.0 Å². The molecule has 4 rings (SSSR count). The Labute approximate surface area is 174 Å². The van der Waals surface area contributed by atoms with Crippen molar-refractivity contribution in [3.05, 3.63) is 48.0 Å². The minimum Gasteiger partial charge on any atom is -0.325 e. The van der Waals surface area contributed by atoms with E-state index >= 15 is 0 Å². The first-order valence-electron chi connectivity index (χ1n) is 9.54. The molecule has 0 spiro atoms. The van der Waals surface area contributed by atoms with Gasteiger partial charge in [0.05, 0.1) is 16.3 Å². The second-order valence-corrected chi connectivity index (χ2v) is 10.5. The number of hydrogen-bond donors (Lipinski definition) is 1. The van der Waals surface area contributed by atoms with Gasteiger partial charge in [-0.25, -0.2) is 8.42 Å². The number of nitrogens with one attached hydrogen (secondary N) is 1. The van der Waals surface area contributed by atoms with Crippen molar-refractivity contribution in [1.29, 1.82) is 0 Å². The highest BCUT2D eigenvalue weighted by Crippen LogP contribution is 2.34. The lowest BCUT2D eigenvalue weighted by molar-refractivity contribution is -0.121. The van der Waals surface area contributed by atoms with Gasteiger partial charge in [0.25, 0.3) is 0 Å². The summed E-state index contributed by atoms with van der Waals surface area (Å²) in [6.45, 7) is 2.23. The molecular weight excluding hydrogens is 408 g/mol. The number of carbonyl (C=O) groups is 2. The molecule has 2 aliphatic rings. The Hall–Kier alpha value is -2.32. The third-order valence-corrected chi connectivity index (χ3v) is 8.20. The van der Waals surface area contributed by atoms with Crippen LogP contribution in [-0.2, 0) is 25.8 Å². The molecule has 2 heterocycles. The van der Waals surface area contributed by atoms with E-state index in [9.17, 15) is 18.0 Å². The predicted octanol–water partition coefficient (Wildman–Crippen LogP) is 3.12. The van der Waals surface area contributed by atoms with Crippen LogP contribution in [0.2, 0.25) is 0 Å². The SMILES string of the molecule is C[C@@H](CS(=O)(=O)c1ccc2c(c1)NC(=O)CCS2)C(=O)N1CCc2ccccc21. The Kier molecular flexibility index (Phi) is 5.40. The summed E-state index contributed by atoms with van der Waals surface area (Å²) in [6, 6.07) is 12.5. The summed E-state index contributed by atoms with van der Waals surface area (Å²) < 4.78 is 25.9. The summed E-state index contributed by atoms with van der Waals surface area (Å²) in [6.07, 6.45) is 1.17. The quantitative estimate of drug-likeness (QED) is 0.806. The summed E-state index contributed by atoms with van der Waals surface area (Å²) in [5, 5.41) is 2.77. The van der Waals surface area contributed by atoms with Crippen molar-refractivity contribution in [2.45, 2.75) is 29.6 Å². The van der Waals surface area contributed by atoms with Gasteiger partial charge in [0.1, 0.15) is 0 Å². The van der Waals surface area contributed by atoms with Crippen molar-refractivity contribution in [2.75, 3.05) is 28.3 Å². The first-order valence-corrected chi connectivity index (χ1v) is 12.2. The maximum atomic E-state index is 13.0. The van der Waals surface area contributed by atoms with Gasteiger partial charge in [0.2, 0.25) is 11.8 Å². The number of hydrogen-bond acceptors (Lipinski definition) is 5. The van der Waals surface area contributed by atoms with Crippen LogP contribution in [0.5, 0.6) is 0 Å². The van der Waals surface area contributed by atoms with Gasteiger partial charge in [0.15, 0.2) is 9.84 Å². The fourth-order valence-corrected chi connectivity index (χ4v) is 6.23. The third-order valence-electron chi connectivity index (χ3n) is 5.22. The molecule has 2 aromatic carbocycles. The van der Waals surface area contributed by atoms with Crippen LogP contribution >= 0.6 is 11.8 Å². The van der Waals surface area contributed by atoms with Crippen molar-refractivity contribution in [2.24, 2.45) is 5.92 Å². The van der Waals surface area contributed by atoms with E-state index in [1.165, 1.54) is 17.8 Å². The van der Waals surface area contributed by atoms with E-state index in [0.29, 0.717) is 24.4 Å². The zero-order valence-corrected chi connectivity index (χ0v) is 17.7. The van der Waals surface area contributed by atoms with E-state index in [1.54, 1.807) is 24.0 Å². The summed E-state index contributed by atoms with van der Waals surface area (Å²) >= 11 is 1.52. The molecule has 2 amide bonds. The average molecular weight is 431 g/mol. The topological polar surface area (TPSA) is 83.5 Å². The molecule has 29 heavy (non-hydrogen) atoms. The Balaban J connectivity index is 1.53. The van der Waals surface area contributed by atoms with Crippen LogP contribution in [0.1, 0.15) is 18.9 Å². The summed E-state index contributed by atoms with van der Waals surface area (Å²) in [5.74, 6) is -0.592. The molecule has 0 fully saturated rings. The zero-order chi connectivity index (χ0) is 20.6. The van der Waals surface area contributed by atoms with Gasteiger partial charge in [-0.05, 0) is 36.2 Å². The van der Waals surface area contributed by atoms with Crippen molar-refractivity contribution in [3.63, 3.8) is 0 Å². The molecule has 0 saturated heterocycles. The lowest BCUT2D eigenvalue weighted by Gasteiger charge is -2.22. The molecule has 152 valence electrons. The van der Waals surface area contributed by atoms with Gasteiger partial charge in [-0.15, -0.1) is 11.8 Å². The first-order chi connectivity index (χ1) is 13.8. The molecule has 0 radical (unpaired) electrons. The molecule has 2 aliphatic heterocycles. The number of carbonyl (C=O) groups excluding carboxylic acids is 2. The fourth-order valence-electron chi connectivity index (χ4n) is 3.72. The monoisotopic (exact) mass is 430 g/mol. The van der Waals surface area contributed by atoms with Crippen LogP contribution in [0.4, 0.5) is 11.4 Å². The van der Waals surface area contributed by atoms with Gasteiger partial charge in [-0.2, -0.15) is 0 Å². The maximum Gasteiger partial charge on any atom is 0.230 e. The lowest BCUT2D eigenvalue weighted by atomic mass is 10.1. The smallest absolute Gasteiger partial charge is 0.230 e. The molecule has 8 heteroatoms. The summed E-state index contributed by atoms with van der Waals surface area (Å²) in [4.78, 5) is 27.4. The second-order valence-electron chi connectivity index (χ2n) is 7.36. The molecule has 0 aliphatic carbocycles. The normalized spacial score (nSPS) is 17.1. The standard InChI is InChI=1S/C21H22N2O4S2/c1-14(21(25)23-10-8-15-4-2-3-5-18(15)23)13-29(26,27)16-6-7-19-17(12-16)22-20(24)9-11-28-19/h2-7,12,14H,8-11,13H2,1H3,(H,22,24)/t14-/m0/s1. The molecule has 1 atom stereocenters. The van der Waals surface area contributed by atoms with Gasteiger partial charge < -0.3 is 10.2 Å². The number of amides is 2. The van der Waals surface area contributed by atoms with E-state index in [1.807, 2.05) is 24.3 Å². The molecule has 0 saturated carbocycles. The number of thioether (sulfide) groups is 1. The van der Waals surface area contributed by atoms with Gasteiger partial charge in [0, 0.05) is 35.2 Å². The molecule has 0 bridgehead atoms. The molecular formula is C21H22N2O4S2. The highest BCUT2D eigenvalue weighted by Gasteiger charge is 2.31. The summed E-state index contributed by atoms with van der Waals surface area (Å²) in [5.41, 5.74) is 2.49. The Morgan fingerprint density at radius 3 is 2.83 bits per heavy atom. The van der Waals surface area contributed by atoms with Crippen LogP contribution in [0.25, 0.3) is 0 Å². The number of sulfone groups is 1. The largest absolute Gasteiger partial charge is 0.325 e. The average Bonchev–Trinajstić information content (AvgIpc) is 3.02. The van der Waals surface area contributed by atoms with Gasteiger partial charge in [-0.1, -0.05) is 25.1 Å². The second kappa shape index (κ2) is 7.84. The maximum absolute atomic E-state index is 13.0. The molecule has 0 unspecified atom stereocenters. The number of rotatable bonds is 4. The fraction of sp³-hybridized carbons (Fsp3) is 0.333. The Bertz CT molecular complexity index is 1080. The third kappa shape index (κ3) is 4.04. The first kappa shape index (κ1) is 20.0. The van der Waals surface area contributed by atoms with Crippen molar-refractivity contribution in [1.82, 2.24) is 0 Å². The highest BCUT2D eigenvalue weighted by molar-refractivity contribution is 7.99. The van der Waals surface area contributed by atoms with Crippen molar-refractivity contribution in [3.8, 4) is 0 Å². The predicted molar refractivity (Wildman–Crippen MR) is 114 cm³/mol. The van der Waals surface area contributed by atoms with Crippen LogP contribution in [0.15, 0.2) is 52.3 Å². The van der Waals surface area contributed by atoms with E-state index in [0.717, 1.165) is 22.6 Å². The Morgan fingerprint density at radius 1 is 1.21 bits per heavy atom. The molecule has 6 nitrogen and oxygen atoms in total. The number of nitrogens with zero attached hydrogens (tertiary/aromatic N) is 1. The number of para-hydroxylation sites is 1. The lowest BCUT2D eigenvalue weighted by Crippen LogP contribution is -2.36. The van der Waals surface area contributed by atoms with Gasteiger partial charge >= 0.3 is 0 Å². The van der Waals surface area contributed by atoms with E-state index in [4.69, 9.17) is 0 Å². The van der Waals surface area contributed by atoms with Crippen LogP contribution in [0.3, 0.4) is 0 Å². The molecule has 0 aromatic heterocycles. The van der Waals surface area contributed by atoms with E-state index in [2.05, 4.69) is 5.32 Å². The highest BCUT2D eigenvalue weighted by atomic mass is 32.2. The van der Waals surface area contributed by atoms with E-state index in [-0.39, 0.29) is 22.5 Å². The van der Waals surface area contributed by atoms with Crippen LogP contribution in [-0.4, -0.2) is 38.3 Å². The summed E-state index contributed by atoms with van der Waals surface area (Å²) in [7, 11) is -3.68.